The largest absolute Gasteiger partial charge is 0.497 e. The normalized spacial score (nSPS) is 10.0. The quantitative estimate of drug-likeness (QED) is 0.782. The zero-order valence-electron chi connectivity index (χ0n) is 14.5. The molecular formula is C19H21NO5. The van der Waals surface area contributed by atoms with E-state index in [4.69, 9.17) is 14.2 Å². The Balaban J connectivity index is 1.92. The van der Waals surface area contributed by atoms with E-state index in [-0.39, 0.29) is 18.5 Å². The Morgan fingerprint density at radius 3 is 2.32 bits per heavy atom. The summed E-state index contributed by atoms with van der Waals surface area (Å²) in [5.74, 6) is 0.619. The van der Waals surface area contributed by atoms with Crippen LogP contribution < -0.4 is 14.8 Å². The average Bonchev–Trinajstić information content (AvgIpc) is 2.62. The maximum Gasteiger partial charge on any atom is 0.338 e. The molecule has 0 aliphatic rings. The van der Waals surface area contributed by atoms with E-state index >= 15 is 0 Å². The molecule has 0 aromatic heterocycles. The van der Waals surface area contributed by atoms with Crippen molar-refractivity contribution in [3.05, 3.63) is 53.6 Å². The maximum atomic E-state index is 12.0. The summed E-state index contributed by atoms with van der Waals surface area (Å²) in [7, 11) is 1.58. The zero-order chi connectivity index (χ0) is 18.2. The Bertz CT molecular complexity index is 740. The number of methoxy groups -OCH3 is 1. The molecule has 2 aromatic rings. The lowest BCUT2D eigenvalue weighted by Crippen LogP contribution is -2.20. The molecule has 0 aliphatic heterocycles. The number of ether oxygens (including phenoxy) is 3. The van der Waals surface area contributed by atoms with Crippen LogP contribution in [0.2, 0.25) is 0 Å². The van der Waals surface area contributed by atoms with Crippen LogP contribution in [-0.2, 0) is 9.53 Å². The molecule has 0 saturated carbocycles. The van der Waals surface area contributed by atoms with E-state index in [9.17, 15) is 9.59 Å². The number of hydrogen-bond acceptors (Lipinski definition) is 5. The standard InChI is InChI=1S/C19H21NO5/c1-4-24-19(22)14-5-10-17(13(2)11-14)20-18(21)12-25-16-8-6-15(23-3)7-9-16/h5-11H,4,12H2,1-3H3,(H,20,21). The first-order valence-electron chi connectivity index (χ1n) is 7.88. The molecule has 0 fully saturated rings. The van der Waals surface area contributed by atoms with Gasteiger partial charge in [-0.1, -0.05) is 0 Å². The minimum atomic E-state index is -0.383. The number of aryl methyl sites for hydroxylation is 1. The molecule has 0 atom stereocenters. The first-order chi connectivity index (χ1) is 12.0. The van der Waals surface area contributed by atoms with Gasteiger partial charge in [-0.15, -0.1) is 0 Å². The molecule has 1 N–H and O–H groups in total. The van der Waals surface area contributed by atoms with Gasteiger partial charge in [0.05, 0.1) is 19.3 Å². The van der Waals surface area contributed by atoms with Gasteiger partial charge in [0.25, 0.3) is 5.91 Å². The van der Waals surface area contributed by atoms with E-state index in [1.165, 1.54) is 0 Å². The molecule has 0 spiro atoms. The van der Waals surface area contributed by atoms with Gasteiger partial charge in [-0.05, 0) is 61.9 Å². The first kappa shape index (κ1) is 18.3. The lowest BCUT2D eigenvalue weighted by molar-refractivity contribution is -0.118. The van der Waals surface area contributed by atoms with E-state index in [0.717, 1.165) is 5.56 Å². The van der Waals surface area contributed by atoms with Crippen molar-refractivity contribution < 1.29 is 23.8 Å². The number of nitrogens with one attached hydrogen (secondary N) is 1. The second-order valence-corrected chi connectivity index (χ2v) is 5.26. The summed E-state index contributed by atoms with van der Waals surface area (Å²) in [6.45, 7) is 3.76. The van der Waals surface area contributed by atoms with Gasteiger partial charge >= 0.3 is 5.97 Å². The third-order valence-corrected chi connectivity index (χ3v) is 3.44. The molecule has 132 valence electrons. The SMILES string of the molecule is CCOC(=O)c1ccc(NC(=O)COc2ccc(OC)cc2)c(C)c1. The van der Waals surface area contributed by atoms with Gasteiger partial charge in [-0.3, -0.25) is 4.79 Å². The van der Waals surface area contributed by atoms with Crippen LogP contribution in [0.25, 0.3) is 0 Å². The van der Waals surface area contributed by atoms with Crippen molar-refractivity contribution in [2.45, 2.75) is 13.8 Å². The van der Waals surface area contributed by atoms with Crippen molar-refractivity contribution in [2.24, 2.45) is 0 Å². The summed E-state index contributed by atoms with van der Waals surface area (Å²) >= 11 is 0. The Morgan fingerprint density at radius 2 is 1.72 bits per heavy atom. The lowest BCUT2D eigenvalue weighted by atomic mass is 10.1. The number of hydrogen-bond donors (Lipinski definition) is 1. The van der Waals surface area contributed by atoms with Crippen molar-refractivity contribution in [3.8, 4) is 11.5 Å². The number of rotatable bonds is 7. The molecule has 6 heteroatoms. The minimum absolute atomic E-state index is 0.120. The zero-order valence-corrected chi connectivity index (χ0v) is 14.5. The Morgan fingerprint density at radius 1 is 1.04 bits per heavy atom. The van der Waals surface area contributed by atoms with E-state index in [1.54, 1.807) is 56.5 Å². The van der Waals surface area contributed by atoms with Crippen molar-refractivity contribution in [3.63, 3.8) is 0 Å². The van der Waals surface area contributed by atoms with Gasteiger partial charge in [0.2, 0.25) is 0 Å². The van der Waals surface area contributed by atoms with Crippen molar-refractivity contribution in [1.82, 2.24) is 0 Å². The number of anilines is 1. The Hall–Kier alpha value is -3.02. The molecular weight excluding hydrogens is 322 g/mol. The Labute approximate surface area is 146 Å². The first-order valence-corrected chi connectivity index (χ1v) is 7.88. The molecule has 0 unspecified atom stereocenters. The van der Waals surface area contributed by atoms with E-state index in [2.05, 4.69) is 5.32 Å². The predicted octanol–water partition coefficient (Wildman–Crippen LogP) is 3.20. The fraction of sp³-hybridized carbons (Fsp3) is 0.263. The molecule has 1 amide bonds. The topological polar surface area (TPSA) is 73.9 Å². The van der Waals surface area contributed by atoms with Crippen LogP contribution in [0.3, 0.4) is 0 Å². The third-order valence-electron chi connectivity index (χ3n) is 3.44. The second-order valence-electron chi connectivity index (χ2n) is 5.26. The molecule has 6 nitrogen and oxygen atoms in total. The summed E-state index contributed by atoms with van der Waals surface area (Å²) in [5, 5.41) is 2.76. The van der Waals surface area contributed by atoms with Crippen molar-refractivity contribution >= 4 is 17.6 Å². The third kappa shape index (κ3) is 5.24. The lowest BCUT2D eigenvalue weighted by Gasteiger charge is -2.11. The summed E-state index contributed by atoms with van der Waals surface area (Å²) < 4.78 is 15.4. The van der Waals surface area contributed by atoms with Crippen LogP contribution in [0.4, 0.5) is 5.69 Å². The smallest absolute Gasteiger partial charge is 0.338 e. The molecule has 0 aliphatic carbocycles. The molecule has 0 radical (unpaired) electrons. The number of benzene rings is 2. The van der Waals surface area contributed by atoms with Gasteiger partial charge in [-0.2, -0.15) is 0 Å². The average molecular weight is 343 g/mol. The second kappa shape index (κ2) is 8.73. The number of carbonyl (C=O) groups is 2. The molecule has 0 bridgehead atoms. The highest BCUT2D eigenvalue weighted by Gasteiger charge is 2.10. The summed E-state index contributed by atoms with van der Waals surface area (Å²) in [4.78, 5) is 23.7. The minimum Gasteiger partial charge on any atom is -0.497 e. The van der Waals surface area contributed by atoms with Crippen LogP contribution >= 0.6 is 0 Å². The monoisotopic (exact) mass is 343 g/mol. The van der Waals surface area contributed by atoms with Crippen LogP contribution in [0.1, 0.15) is 22.8 Å². The van der Waals surface area contributed by atoms with Crippen molar-refractivity contribution in [2.75, 3.05) is 25.6 Å². The Kier molecular flexibility index (Phi) is 6.39. The molecule has 25 heavy (non-hydrogen) atoms. The van der Waals surface area contributed by atoms with Crippen LogP contribution in [0, 0.1) is 6.92 Å². The molecule has 0 saturated heterocycles. The summed E-state index contributed by atoms with van der Waals surface area (Å²) in [6.07, 6.45) is 0. The van der Waals surface area contributed by atoms with Crippen molar-refractivity contribution in [1.29, 1.82) is 0 Å². The van der Waals surface area contributed by atoms with Gasteiger partial charge in [0.1, 0.15) is 11.5 Å². The molecule has 2 aromatic carbocycles. The van der Waals surface area contributed by atoms with Gasteiger partial charge < -0.3 is 19.5 Å². The fourth-order valence-corrected chi connectivity index (χ4v) is 2.15. The van der Waals surface area contributed by atoms with E-state index in [1.807, 2.05) is 6.92 Å². The highest BCUT2D eigenvalue weighted by Crippen LogP contribution is 2.19. The van der Waals surface area contributed by atoms with Gasteiger partial charge in [-0.25, -0.2) is 4.79 Å². The molecule has 2 rings (SSSR count). The van der Waals surface area contributed by atoms with E-state index < -0.39 is 0 Å². The highest BCUT2D eigenvalue weighted by molar-refractivity contribution is 5.94. The van der Waals surface area contributed by atoms with Gasteiger partial charge in [0.15, 0.2) is 6.61 Å². The van der Waals surface area contributed by atoms with E-state index in [0.29, 0.717) is 29.4 Å². The maximum absolute atomic E-state index is 12.0. The number of amides is 1. The molecule has 0 heterocycles. The van der Waals surface area contributed by atoms with Crippen LogP contribution in [0.15, 0.2) is 42.5 Å². The highest BCUT2D eigenvalue weighted by atomic mass is 16.5. The number of carbonyl (C=O) groups excluding carboxylic acids is 2. The summed E-state index contributed by atoms with van der Waals surface area (Å²) in [5.41, 5.74) is 1.84. The van der Waals surface area contributed by atoms with Crippen LogP contribution in [-0.4, -0.2) is 32.2 Å². The predicted molar refractivity (Wildman–Crippen MR) is 94.3 cm³/mol. The van der Waals surface area contributed by atoms with Gasteiger partial charge in [0, 0.05) is 5.69 Å². The number of esters is 1. The summed E-state index contributed by atoms with van der Waals surface area (Å²) in [6, 6.07) is 11.9. The van der Waals surface area contributed by atoms with Crippen LogP contribution in [0.5, 0.6) is 11.5 Å². The fourth-order valence-electron chi connectivity index (χ4n) is 2.15.